The van der Waals surface area contributed by atoms with Crippen molar-refractivity contribution in [2.45, 2.75) is 19.1 Å². The van der Waals surface area contributed by atoms with E-state index < -0.39 is 6.04 Å². The van der Waals surface area contributed by atoms with Crippen molar-refractivity contribution in [3.8, 4) is 23.3 Å². The molecule has 0 aliphatic rings. The predicted molar refractivity (Wildman–Crippen MR) is 87.5 cm³/mol. The summed E-state index contributed by atoms with van der Waals surface area (Å²) >= 11 is 0. The highest BCUT2D eigenvalue weighted by atomic mass is 16.5. The molecule has 0 saturated heterocycles. The first-order valence-corrected chi connectivity index (χ1v) is 7.24. The number of nitrogens with zero attached hydrogens (tertiary/aromatic N) is 1. The normalized spacial score (nSPS) is 11.4. The summed E-state index contributed by atoms with van der Waals surface area (Å²) in [5, 5.41) is 8.90. The lowest BCUT2D eigenvalue weighted by Crippen LogP contribution is -2.12. The van der Waals surface area contributed by atoms with Gasteiger partial charge in [0.25, 0.3) is 0 Å². The summed E-state index contributed by atoms with van der Waals surface area (Å²) in [7, 11) is 3.12. The fraction of sp³-hybridized carbons (Fsp3) is 0.278. The molecule has 1 atom stereocenters. The zero-order valence-electron chi connectivity index (χ0n) is 13.3. The monoisotopic (exact) mass is 312 g/mol. The Balaban J connectivity index is 2.32. The number of ether oxygens (including phenoxy) is 3. The average molecular weight is 312 g/mol. The van der Waals surface area contributed by atoms with Crippen molar-refractivity contribution in [2.24, 2.45) is 5.73 Å². The van der Waals surface area contributed by atoms with Gasteiger partial charge in [-0.25, -0.2) is 0 Å². The summed E-state index contributed by atoms with van der Waals surface area (Å²) in [5.41, 5.74) is 7.86. The number of benzene rings is 2. The second-order valence-corrected chi connectivity index (χ2v) is 4.99. The molecular formula is C18H20N2O3. The molecule has 5 nitrogen and oxygen atoms in total. The summed E-state index contributed by atoms with van der Waals surface area (Å²) < 4.78 is 16.5. The van der Waals surface area contributed by atoms with Crippen LogP contribution in [0, 0.1) is 11.3 Å². The molecule has 0 fully saturated rings. The molecule has 2 aromatic rings. The molecule has 2 aromatic carbocycles. The maximum atomic E-state index is 8.90. The van der Waals surface area contributed by atoms with Crippen LogP contribution in [0.25, 0.3) is 0 Å². The van der Waals surface area contributed by atoms with Crippen molar-refractivity contribution in [2.75, 3.05) is 14.2 Å². The lowest BCUT2D eigenvalue weighted by molar-refractivity contribution is 0.295. The topological polar surface area (TPSA) is 77.5 Å². The second-order valence-electron chi connectivity index (χ2n) is 4.99. The Morgan fingerprint density at radius 1 is 1.04 bits per heavy atom. The Bertz CT molecular complexity index is 681. The highest BCUT2D eigenvalue weighted by molar-refractivity contribution is 5.52. The third-order valence-electron chi connectivity index (χ3n) is 3.46. The van der Waals surface area contributed by atoms with E-state index in [4.69, 9.17) is 25.2 Å². The minimum absolute atomic E-state index is 0.192. The first-order valence-electron chi connectivity index (χ1n) is 7.24. The van der Waals surface area contributed by atoms with Crippen molar-refractivity contribution in [3.05, 3.63) is 53.6 Å². The van der Waals surface area contributed by atoms with E-state index in [1.54, 1.807) is 26.4 Å². The molecular weight excluding hydrogens is 292 g/mol. The Hall–Kier alpha value is -2.71. The fourth-order valence-electron chi connectivity index (χ4n) is 2.23. The number of nitrogens with two attached hydrogens (primary N) is 1. The van der Waals surface area contributed by atoms with Gasteiger partial charge in [0, 0.05) is 17.7 Å². The van der Waals surface area contributed by atoms with E-state index in [-0.39, 0.29) is 6.42 Å². The molecule has 0 bridgehead atoms. The average Bonchev–Trinajstić information content (AvgIpc) is 2.60. The molecule has 120 valence electrons. The third-order valence-corrected chi connectivity index (χ3v) is 3.46. The van der Waals surface area contributed by atoms with E-state index in [2.05, 4.69) is 6.07 Å². The molecule has 2 rings (SSSR count). The van der Waals surface area contributed by atoms with Gasteiger partial charge in [-0.2, -0.15) is 5.26 Å². The first kappa shape index (κ1) is 16.7. The van der Waals surface area contributed by atoms with Gasteiger partial charge in [-0.3, -0.25) is 0 Å². The van der Waals surface area contributed by atoms with Gasteiger partial charge in [0.05, 0.1) is 26.7 Å². The maximum absolute atomic E-state index is 8.90. The van der Waals surface area contributed by atoms with Crippen LogP contribution in [0.3, 0.4) is 0 Å². The largest absolute Gasteiger partial charge is 0.493 e. The zero-order valence-corrected chi connectivity index (χ0v) is 13.3. The number of hydrogen-bond acceptors (Lipinski definition) is 5. The van der Waals surface area contributed by atoms with Crippen LogP contribution in [0.4, 0.5) is 0 Å². The molecule has 0 heterocycles. The summed E-state index contributed by atoms with van der Waals surface area (Å²) in [6, 6.07) is 15.0. The zero-order chi connectivity index (χ0) is 16.7. The standard InChI is InChI=1S/C18H20N2O3/c1-21-17-10-14(15(20)8-9-19)16(11-18(17)22-2)23-12-13-6-4-3-5-7-13/h3-7,10-11,15H,8,12,20H2,1-2H3/t15-/m1/s1. The molecule has 0 spiro atoms. The number of hydrogen-bond donors (Lipinski definition) is 1. The van der Waals surface area contributed by atoms with Crippen molar-refractivity contribution < 1.29 is 14.2 Å². The van der Waals surface area contributed by atoms with Gasteiger partial charge in [0.15, 0.2) is 11.5 Å². The summed E-state index contributed by atoms with van der Waals surface area (Å²) in [5.74, 6) is 1.71. The summed E-state index contributed by atoms with van der Waals surface area (Å²) in [6.45, 7) is 0.405. The van der Waals surface area contributed by atoms with Gasteiger partial charge in [0.2, 0.25) is 0 Å². The van der Waals surface area contributed by atoms with Crippen LogP contribution < -0.4 is 19.9 Å². The highest BCUT2D eigenvalue weighted by Crippen LogP contribution is 2.38. The number of methoxy groups -OCH3 is 2. The van der Waals surface area contributed by atoms with Crippen LogP contribution in [-0.2, 0) is 6.61 Å². The van der Waals surface area contributed by atoms with Gasteiger partial charge in [-0.1, -0.05) is 30.3 Å². The van der Waals surface area contributed by atoms with Gasteiger partial charge < -0.3 is 19.9 Å². The molecule has 23 heavy (non-hydrogen) atoms. The van der Waals surface area contributed by atoms with Gasteiger partial charge in [0.1, 0.15) is 12.4 Å². The lowest BCUT2D eigenvalue weighted by Gasteiger charge is -2.18. The molecule has 0 amide bonds. The van der Waals surface area contributed by atoms with Crippen LogP contribution in [-0.4, -0.2) is 14.2 Å². The number of nitriles is 1. The molecule has 0 aliphatic carbocycles. The molecule has 0 radical (unpaired) electrons. The smallest absolute Gasteiger partial charge is 0.164 e. The van der Waals surface area contributed by atoms with Crippen LogP contribution >= 0.6 is 0 Å². The Kier molecular flexibility index (Phi) is 5.84. The Morgan fingerprint density at radius 2 is 1.70 bits per heavy atom. The quantitative estimate of drug-likeness (QED) is 0.849. The van der Waals surface area contributed by atoms with Crippen LogP contribution in [0.15, 0.2) is 42.5 Å². The van der Waals surface area contributed by atoms with E-state index in [1.165, 1.54) is 0 Å². The molecule has 5 heteroatoms. The highest BCUT2D eigenvalue weighted by Gasteiger charge is 2.17. The van der Waals surface area contributed by atoms with Crippen molar-refractivity contribution >= 4 is 0 Å². The van der Waals surface area contributed by atoms with E-state index in [1.807, 2.05) is 30.3 Å². The second kappa shape index (κ2) is 8.06. The third kappa shape index (κ3) is 4.15. The summed E-state index contributed by atoms with van der Waals surface area (Å²) in [4.78, 5) is 0. The Morgan fingerprint density at radius 3 is 2.30 bits per heavy atom. The van der Waals surface area contributed by atoms with Gasteiger partial charge in [-0.15, -0.1) is 0 Å². The first-order chi connectivity index (χ1) is 11.2. The van der Waals surface area contributed by atoms with E-state index in [0.717, 1.165) is 11.1 Å². The van der Waals surface area contributed by atoms with Crippen molar-refractivity contribution in [3.63, 3.8) is 0 Å². The van der Waals surface area contributed by atoms with Gasteiger partial charge in [-0.05, 0) is 11.6 Å². The van der Waals surface area contributed by atoms with Crippen LogP contribution in [0.1, 0.15) is 23.6 Å². The minimum atomic E-state index is -0.453. The van der Waals surface area contributed by atoms with Crippen molar-refractivity contribution in [1.29, 1.82) is 5.26 Å². The lowest BCUT2D eigenvalue weighted by atomic mass is 10.0. The van der Waals surface area contributed by atoms with Gasteiger partial charge >= 0.3 is 0 Å². The van der Waals surface area contributed by atoms with Crippen LogP contribution in [0.5, 0.6) is 17.2 Å². The van der Waals surface area contributed by atoms with E-state index in [9.17, 15) is 0 Å². The van der Waals surface area contributed by atoms with E-state index >= 15 is 0 Å². The molecule has 0 unspecified atom stereocenters. The molecule has 0 saturated carbocycles. The SMILES string of the molecule is COc1cc(OCc2ccccc2)c([C@H](N)CC#N)cc1OC. The van der Waals surface area contributed by atoms with Crippen LogP contribution in [0.2, 0.25) is 0 Å². The summed E-state index contributed by atoms with van der Waals surface area (Å²) in [6.07, 6.45) is 0.192. The fourth-order valence-corrected chi connectivity index (χ4v) is 2.23. The maximum Gasteiger partial charge on any atom is 0.164 e. The molecule has 0 aromatic heterocycles. The molecule has 0 aliphatic heterocycles. The van der Waals surface area contributed by atoms with E-state index in [0.29, 0.717) is 23.9 Å². The predicted octanol–water partition coefficient (Wildman–Crippen LogP) is 3.20. The minimum Gasteiger partial charge on any atom is -0.493 e. The number of rotatable bonds is 7. The molecule has 2 N–H and O–H groups in total. The Labute approximate surface area is 136 Å². The van der Waals surface area contributed by atoms with Crippen molar-refractivity contribution in [1.82, 2.24) is 0 Å².